The summed E-state index contributed by atoms with van der Waals surface area (Å²) in [7, 11) is 1.72. The van der Waals surface area contributed by atoms with E-state index in [4.69, 9.17) is 4.74 Å². The molecule has 0 bridgehead atoms. The number of hydrogen-bond donors (Lipinski definition) is 1. The van der Waals surface area contributed by atoms with Crippen molar-refractivity contribution in [2.75, 3.05) is 25.5 Å². The Morgan fingerprint density at radius 1 is 0.912 bits per heavy atom. The highest BCUT2D eigenvalue weighted by atomic mass is 16.5. The van der Waals surface area contributed by atoms with Gasteiger partial charge in [0.2, 0.25) is 0 Å². The fourth-order valence-electron chi connectivity index (χ4n) is 5.02. The van der Waals surface area contributed by atoms with Crippen LogP contribution in [0.4, 0.5) is 5.69 Å². The molecule has 1 heterocycles. The number of amides is 1. The Hall–Kier alpha value is -3.11. The van der Waals surface area contributed by atoms with Gasteiger partial charge < -0.3 is 15.0 Å². The van der Waals surface area contributed by atoms with Gasteiger partial charge >= 0.3 is 0 Å². The average Bonchev–Trinajstić information content (AvgIpc) is 2.83. The Balaban J connectivity index is 1.48. The molecule has 3 aromatic carbocycles. The number of carbonyl (C=O) groups is 1. The molecule has 0 saturated carbocycles. The van der Waals surface area contributed by atoms with Gasteiger partial charge in [-0.3, -0.25) is 4.79 Å². The minimum atomic E-state index is -0.0993. The monoisotopic (exact) mass is 456 g/mol. The van der Waals surface area contributed by atoms with Crippen LogP contribution >= 0.6 is 0 Å². The number of nitrogens with one attached hydrogen (secondary N) is 1. The summed E-state index contributed by atoms with van der Waals surface area (Å²) in [5.74, 6) is 1.25. The van der Waals surface area contributed by atoms with E-state index < -0.39 is 0 Å². The van der Waals surface area contributed by atoms with E-state index in [0.29, 0.717) is 17.5 Å². The molecular formula is C30H36N2O2. The van der Waals surface area contributed by atoms with E-state index in [1.165, 1.54) is 22.3 Å². The maximum absolute atomic E-state index is 13.0. The molecule has 0 unspecified atom stereocenters. The summed E-state index contributed by atoms with van der Waals surface area (Å²) in [4.78, 5) is 15.5. The largest absolute Gasteiger partial charge is 0.496 e. The van der Waals surface area contributed by atoms with Crippen LogP contribution in [0.2, 0.25) is 0 Å². The number of methoxy groups -OCH3 is 1. The number of benzene rings is 3. The molecule has 1 fully saturated rings. The number of hydrogen-bond acceptors (Lipinski definition) is 3. The first-order valence-corrected chi connectivity index (χ1v) is 12.3. The maximum Gasteiger partial charge on any atom is 0.255 e. The first-order valence-electron chi connectivity index (χ1n) is 12.3. The van der Waals surface area contributed by atoms with Crippen LogP contribution in [0.1, 0.15) is 59.7 Å². The molecule has 1 aliphatic heterocycles. The van der Waals surface area contributed by atoms with Gasteiger partial charge in [-0.2, -0.15) is 0 Å². The van der Waals surface area contributed by atoms with Crippen LogP contribution in [0.3, 0.4) is 0 Å². The van der Waals surface area contributed by atoms with E-state index in [1.54, 1.807) is 7.11 Å². The van der Waals surface area contributed by atoms with Crippen LogP contribution in [-0.4, -0.2) is 37.0 Å². The SMILES string of the molecule is COc1ccc(NC(=O)c2ccc(-c3cc(C)cc(C)c3)cc2)cc1C1CCN(C(C)C)CC1. The van der Waals surface area contributed by atoms with Crippen molar-refractivity contribution in [1.82, 2.24) is 4.90 Å². The third-order valence-corrected chi connectivity index (χ3v) is 6.89. The molecule has 3 aromatic rings. The topological polar surface area (TPSA) is 41.6 Å². The molecular weight excluding hydrogens is 420 g/mol. The predicted molar refractivity (Wildman–Crippen MR) is 141 cm³/mol. The van der Waals surface area contributed by atoms with E-state index in [0.717, 1.165) is 42.9 Å². The molecule has 4 rings (SSSR count). The van der Waals surface area contributed by atoms with E-state index >= 15 is 0 Å². The van der Waals surface area contributed by atoms with Crippen LogP contribution in [0.15, 0.2) is 60.7 Å². The van der Waals surface area contributed by atoms with E-state index in [1.807, 2.05) is 36.4 Å². The van der Waals surface area contributed by atoms with E-state index in [-0.39, 0.29) is 5.91 Å². The molecule has 1 amide bonds. The second kappa shape index (κ2) is 10.4. The molecule has 4 heteroatoms. The van der Waals surface area contributed by atoms with Gasteiger partial charge in [0.15, 0.2) is 0 Å². The Morgan fingerprint density at radius 3 is 2.15 bits per heavy atom. The summed E-state index contributed by atoms with van der Waals surface area (Å²) in [6, 6.07) is 20.9. The Bertz CT molecular complexity index is 1120. The van der Waals surface area contributed by atoms with E-state index in [9.17, 15) is 4.79 Å². The highest BCUT2D eigenvalue weighted by molar-refractivity contribution is 6.04. The zero-order valence-corrected chi connectivity index (χ0v) is 21.0. The molecule has 0 atom stereocenters. The van der Waals surface area contributed by atoms with Crippen LogP contribution in [0.5, 0.6) is 5.75 Å². The number of anilines is 1. The molecule has 34 heavy (non-hydrogen) atoms. The normalized spacial score (nSPS) is 14.9. The molecule has 0 aromatic heterocycles. The molecule has 1 aliphatic rings. The summed E-state index contributed by atoms with van der Waals surface area (Å²) < 4.78 is 5.66. The van der Waals surface area contributed by atoms with Crippen LogP contribution in [-0.2, 0) is 0 Å². The van der Waals surface area contributed by atoms with Gasteiger partial charge in [-0.1, -0.05) is 41.5 Å². The number of likely N-dealkylation sites (tertiary alicyclic amines) is 1. The summed E-state index contributed by atoms with van der Waals surface area (Å²) in [5, 5.41) is 3.09. The lowest BCUT2D eigenvalue weighted by Crippen LogP contribution is -2.37. The highest BCUT2D eigenvalue weighted by Gasteiger charge is 2.24. The molecule has 0 aliphatic carbocycles. The summed E-state index contributed by atoms with van der Waals surface area (Å²) in [6.07, 6.45) is 2.21. The van der Waals surface area contributed by atoms with Crippen LogP contribution in [0.25, 0.3) is 11.1 Å². The summed E-state index contributed by atoms with van der Waals surface area (Å²) in [6.45, 7) is 10.9. The van der Waals surface area contributed by atoms with E-state index in [2.05, 4.69) is 62.2 Å². The predicted octanol–water partition coefficient (Wildman–Crippen LogP) is 6.82. The van der Waals surface area contributed by atoms with Gasteiger partial charge in [0, 0.05) is 17.3 Å². The van der Waals surface area contributed by atoms with Crippen LogP contribution < -0.4 is 10.1 Å². The maximum atomic E-state index is 13.0. The number of rotatable bonds is 6. The third kappa shape index (κ3) is 5.51. The standard InChI is InChI=1S/C30H36N2O2/c1-20(2)32-14-12-24(13-15-32)28-19-27(10-11-29(28)34-5)31-30(33)25-8-6-23(7-9-25)26-17-21(3)16-22(4)18-26/h6-11,16-20,24H,12-15H2,1-5H3,(H,31,33). The first kappa shape index (κ1) is 24.0. The Kier molecular flexibility index (Phi) is 7.38. The lowest BCUT2D eigenvalue weighted by Gasteiger charge is -2.35. The number of ether oxygens (including phenoxy) is 1. The molecule has 1 saturated heterocycles. The number of aryl methyl sites for hydroxylation is 2. The number of carbonyl (C=O) groups excluding carboxylic acids is 1. The number of piperidine rings is 1. The molecule has 0 radical (unpaired) electrons. The number of nitrogens with zero attached hydrogens (tertiary/aromatic N) is 1. The zero-order chi connectivity index (χ0) is 24.2. The van der Waals surface area contributed by atoms with Gasteiger partial charge in [0.05, 0.1) is 7.11 Å². The second-order valence-electron chi connectivity index (χ2n) is 9.77. The van der Waals surface area contributed by atoms with Gasteiger partial charge in [-0.25, -0.2) is 0 Å². The van der Waals surface area contributed by atoms with Crippen molar-refractivity contribution < 1.29 is 9.53 Å². The van der Waals surface area contributed by atoms with Crippen molar-refractivity contribution in [3.8, 4) is 16.9 Å². The Labute approximate surface area is 204 Å². The zero-order valence-electron chi connectivity index (χ0n) is 21.0. The fraction of sp³-hybridized carbons (Fsp3) is 0.367. The molecule has 1 N–H and O–H groups in total. The quantitative estimate of drug-likeness (QED) is 0.442. The van der Waals surface area contributed by atoms with Crippen molar-refractivity contribution >= 4 is 11.6 Å². The minimum absolute atomic E-state index is 0.0993. The molecule has 4 nitrogen and oxygen atoms in total. The average molecular weight is 457 g/mol. The van der Waals surface area contributed by atoms with Crippen molar-refractivity contribution in [2.24, 2.45) is 0 Å². The second-order valence-corrected chi connectivity index (χ2v) is 9.77. The Morgan fingerprint density at radius 2 is 1.56 bits per heavy atom. The molecule has 0 spiro atoms. The molecule has 178 valence electrons. The first-order chi connectivity index (χ1) is 16.3. The van der Waals surface area contributed by atoms with Crippen LogP contribution in [0, 0.1) is 13.8 Å². The fourth-order valence-corrected chi connectivity index (χ4v) is 5.02. The lowest BCUT2D eigenvalue weighted by molar-refractivity contribution is 0.102. The van der Waals surface area contributed by atoms with Crippen molar-refractivity contribution in [2.45, 2.75) is 52.5 Å². The van der Waals surface area contributed by atoms with Gasteiger partial charge in [0.25, 0.3) is 5.91 Å². The third-order valence-electron chi connectivity index (χ3n) is 6.89. The van der Waals surface area contributed by atoms with Gasteiger partial charge in [-0.05, 0) is 107 Å². The van der Waals surface area contributed by atoms with Crippen molar-refractivity contribution in [3.05, 3.63) is 82.9 Å². The van der Waals surface area contributed by atoms with Crippen molar-refractivity contribution in [1.29, 1.82) is 0 Å². The minimum Gasteiger partial charge on any atom is -0.496 e. The highest BCUT2D eigenvalue weighted by Crippen LogP contribution is 2.36. The smallest absolute Gasteiger partial charge is 0.255 e. The summed E-state index contributed by atoms with van der Waals surface area (Å²) in [5.41, 5.74) is 7.41. The van der Waals surface area contributed by atoms with Gasteiger partial charge in [-0.15, -0.1) is 0 Å². The van der Waals surface area contributed by atoms with Crippen molar-refractivity contribution in [3.63, 3.8) is 0 Å². The lowest BCUT2D eigenvalue weighted by atomic mass is 9.88. The van der Waals surface area contributed by atoms with Gasteiger partial charge in [0.1, 0.15) is 5.75 Å². The summed E-state index contributed by atoms with van der Waals surface area (Å²) >= 11 is 0.